The number of nitrogens with zero attached hydrogens (tertiary/aromatic N) is 2. The van der Waals surface area contributed by atoms with Crippen molar-refractivity contribution in [3.63, 3.8) is 0 Å². The van der Waals surface area contributed by atoms with Crippen LogP contribution < -0.4 is 5.73 Å². The number of hydrogen-bond acceptors (Lipinski definition) is 3. The van der Waals surface area contributed by atoms with Crippen molar-refractivity contribution in [1.82, 2.24) is 5.01 Å². The van der Waals surface area contributed by atoms with Crippen molar-refractivity contribution in [1.29, 1.82) is 0 Å². The maximum atomic E-state index is 12.5. The third-order valence-corrected chi connectivity index (χ3v) is 7.40. The van der Waals surface area contributed by atoms with Crippen LogP contribution in [0.25, 0.3) is 0 Å². The number of halogens is 1. The molecule has 1 amide bonds. The van der Waals surface area contributed by atoms with Crippen LogP contribution in [0.3, 0.4) is 0 Å². The number of rotatable bonds is 3. The van der Waals surface area contributed by atoms with Gasteiger partial charge in [0.1, 0.15) is 5.54 Å². The molecule has 23 heavy (non-hydrogen) atoms. The lowest BCUT2D eigenvalue weighted by Gasteiger charge is -2.44. The third kappa shape index (κ3) is 1.63. The highest BCUT2D eigenvalue weighted by molar-refractivity contribution is 6.30. The van der Waals surface area contributed by atoms with Crippen LogP contribution in [-0.2, 0) is 4.79 Å². The van der Waals surface area contributed by atoms with Crippen LogP contribution in [0.15, 0.2) is 29.4 Å². The van der Waals surface area contributed by atoms with Gasteiger partial charge in [-0.25, -0.2) is 0 Å². The predicted octanol–water partition coefficient (Wildman–Crippen LogP) is 3.04. The van der Waals surface area contributed by atoms with Gasteiger partial charge in [0.05, 0.1) is 6.21 Å². The average molecular weight is 332 g/mol. The molecular weight excluding hydrogens is 310 g/mol. The molecule has 3 aliphatic rings. The number of hydrazone groups is 1. The van der Waals surface area contributed by atoms with E-state index in [1.807, 2.05) is 35.5 Å². The summed E-state index contributed by atoms with van der Waals surface area (Å²) in [4.78, 5) is 12.5. The Bertz CT molecular complexity index is 703. The molecule has 1 aliphatic heterocycles. The molecule has 2 saturated carbocycles. The number of primary amides is 1. The molecule has 5 heteroatoms. The predicted molar refractivity (Wildman–Crippen MR) is 91.2 cm³/mol. The van der Waals surface area contributed by atoms with E-state index in [2.05, 4.69) is 18.9 Å². The molecule has 0 radical (unpaired) electrons. The highest BCUT2D eigenvalue weighted by atomic mass is 35.5. The Morgan fingerprint density at radius 1 is 1.39 bits per heavy atom. The van der Waals surface area contributed by atoms with E-state index < -0.39 is 5.54 Å². The Balaban J connectivity index is 1.71. The van der Waals surface area contributed by atoms with Crippen LogP contribution in [0.4, 0.5) is 0 Å². The Morgan fingerprint density at radius 3 is 2.70 bits per heavy atom. The molecule has 1 heterocycles. The quantitative estimate of drug-likeness (QED) is 0.865. The van der Waals surface area contributed by atoms with E-state index in [1.54, 1.807) is 0 Å². The van der Waals surface area contributed by atoms with Gasteiger partial charge in [-0.05, 0) is 48.3 Å². The summed E-state index contributed by atoms with van der Waals surface area (Å²) in [6.45, 7) is 5.36. The maximum Gasteiger partial charge on any atom is 0.245 e. The highest BCUT2D eigenvalue weighted by Crippen LogP contribution is 2.75. The third-order valence-electron chi connectivity index (χ3n) is 7.15. The molecule has 1 aromatic carbocycles. The van der Waals surface area contributed by atoms with E-state index in [-0.39, 0.29) is 16.7 Å². The first-order valence-corrected chi connectivity index (χ1v) is 8.58. The van der Waals surface area contributed by atoms with E-state index in [4.69, 9.17) is 17.3 Å². The minimum Gasteiger partial charge on any atom is -0.368 e. The second-order valence-electron chi connectivity index (χ2n) is 7.77. The first kappa shape index (κ1) is 15.0. The summed E-state index contributed by atoms with van der Waals surface area (Å²) in [5, 5.41) is 7.35. The van der Waals surface area contributed by atoms with Gasteiger partial charge in [0.25, 0.3) is 0 Å². The summed E-state index contributed by atoms with van der Waals surface area (Å²) >= 11 is 5.92. The number of benzene rings is 1. The fourth-order valence-electron chi connectivity index (χ4n) is 5.57. The molecule has 4 atom stereocenters. The lowest BCUT2D eigenvalue weighted by Crippen LogP contribution is -2.60. The van der Waals surface area contributed by atoms with E-state index in [1.165, 1.54) is 6.42 Å². The van der Waals surface area contributed by atoms with Gasteiger partial charge >= 0.3 is 0 Å². The van der Waals surface area contributed by atoms with Crippen LogP contribution in [0, 0.1) is 16.7 Å². The summed E-state index contributed by atoms with van der Waals surface area (Å²) in [6.07, 6.45) is 4.91. The van der Waals surface area contributed by atoms with E-state index in [0.717, 1.165) is 24.9 Å². The minimum atomic E-state index is -0.631. The van der Waals surface area contributed by atoms with Crippen molar-refractivity contribution in [3.05, 3.63) is 34.9 Å². The molecule has 122 valence electrons. The van der Waals surface area contributed by atoms with Crippen molar-refractivity contribution in [2.24, 2.45) is 27.6 Å². The Kier molecular flexibility index (Phi) is 2.94. The van der Waals surface area contributed by atoms with Gasteiger partial charge in [-0.3, -0.25) is 9.80 Å². The average Bonchev–Trinajstić information content (AvgIpc) is 2.96. The lowest BCUT2D eigenvalue weighted by atomic mass is 9.65. The highest BCUT2D eigenvalue weighted by Gasteiger charge is 2.80. The van der Waals surface area contributed by atoms with Gasteiger partial charge in [0.15, 0.2) is 0 Å². The first-order chi connectivity index (χ1) is 10.8. The van der Waals surface area contributed by atoms with Crippen LogP contribution >= 0.6 is 11.6 Å². The molecule has 4 rings (SSSR count). The molecule has 0 unspecified atom stereocenters. The summed E-state index contributed by atoms with van der Waals surface area (Å²) in [7, 11) is 0. The molecule has 3 fully saturated rings. The monoisotopic (exact) mass is 331 g/mol. The molecule has 0 aromatic heterocycles. The van der Waals surface area contributed by atoms with E-state index in [9.17, 15) is 4.79 Å². The molecule has 4 bridgehead atoms. The SMILES string of the molecule is C[C@@]12CC[C@H]3C[C@@]1(C(N)=O)N(/N=C\c1ccc(Cl)cc1)C[C@@]32C. The van der Waals surface area contributed by atoms with Crippen molar-refractivity contribution in [2.45, 2.75) is 38.6 Å². The zero-order chi connectivity index (χ0) is 16.5. The van der Waals surface area contributed by atoms with Crippen LogP contribution in [0.5, 0.6) is 0 Å². The number of amides is 1. The van der Waals surface area contributed by atoms with Gasteiger partial charge in [0, 0.05) is 17.0 Å². The van der Waals surface area contributed by atoms with Gasteiger partial charge < -0.3 is 5.73 Å². The van der Waals surface area contributed by atoms with Crippen LogP contribution in [-0.4, -0.2) is 29.2 Å². The summed E-state index contributed by atoms with van der Waals surface area (Å²) in [6, 6.07) is 7.53. The smallest absolute Gasteiger partial charge is 0.245 e. The fourth-order valence-corrected chi connectivity index (χ4v) is 5.70. The Morgan fingerprint density at radius 2 is 2.09 bits per heavy atom. The van der Waals surface area contributed by atoms with Crippen LogP contribution in [0.1, 0.15) is 38.7 Å². The number of piperidine rings is 1. The Hall–Kier alpha value is -1.55. The second kappa shape index (κ2) is 4.50. The van der Waals surface area contributed by atoms with Crippen molar-refractivity contribution in [2.75, 3.05) is 6.54 Å². The lowest BCUT2D eigenvalue weighted by molar-refractivity contribution is -0.135. The summed E-state index contributed by atoms with van der Waals surface area (Å²) < 4.78 is 0. The minimum absolute atomic E-state index is 0.0756. The van der Waals surface area contributed by atoms with Gasteiger partial charge in [0.2, 0.25) is 5.91 Å². The second-order valence-corrected chi connectivity index (χ2v) is 8.20. The first-order valence-electron chi connectivity index (χ1n) is 8.21. The topological polar surface area (TPSA) is 58.7 Å². The van der Waals surface area contributed by atoms with Gasteiger partial charge in [-0.2, -0.15) is 5.10 Å². The normalized spacial score (nSPS) is 41.2. The number of carbonyl (C=O) groups is 1. The fraction of sp³-hybridized carbons (Fsp3) is 0.556. The van der Waals surface area contributed by atoms with Crippen molar-refractivity contribution >= 4 is 23.7 Å². The van der Waals surface area contributed by atoms with Crippen molar-refractivity contribution < 1.29 is 4.79 Å². The molecule has 4 nitrogen and oxygen atoms in total. The molecule has 2 N–H and O–H groups in total. The van der Waals surface area contributed by atoms with Gasteiger partial charge in [-0.15, -0.1) is 0 Å². The van der Waals surface area contributed by atoms with E-state index >= 15 is 0 Å². The summed E-state index contributed by atoms with van der Waals surface area (Å²) in [5.41, 5.74) is 6.29. The van der Waals surface area contributed by atoms with Crippen molar-refractivity contribution in [3.8, 4) is 0 Å². The van der Waals surface area contributed by atoms with E-state index in [0.29, 0.717) is 10.9 Å². The van der Waals surface area contributed by atoms with Crippen LogP contribution in [0.2, 0.25) is 5.02 Å². The number of nitrogens with two attached hydrogens (primary N) is 1. The molecular formula is C18H22ClN3O. The van der Waals surface area contributed by atoms with Gasteiger partial charge in [-0.1, -0.05) is 37.6 Å². The molecule has 0 spiro atoms. The zero-order valence-corrected chi connectivity index (χ0v) is 14.3. The standard InChI is InChI=1S/C18H22ClN3O/c1-16-11-22(21-10-12-3-5-14(19)6-4-12)18(15(20)23)9-13(16)7-8-17(16,18)2/h3-6,10,13H,7-9,11H2,1-2H3,(H2,20,23)/b21-10-/t13-,16-,17-,18-/m0/s1. The zero-order valence-electron chi connectivity index (χ0n) is 13.6. The number of carbonyl (C=O) groups excluding carboxylic acids is 1. The summed E-state index contributed by atoms with van der Waals surface area (Å²) in [5.74, 6) is 0.362. The molecule has 1 aromatic rings. The number of hydrogen-bond donors (Lipinski definition) is 1. The maximum absolute atomic E-state index is 12.5. The largest absolute Gasteiger partial charge is 0.368 e. The molecule has 1 saturated heterocycles. The molecule has 2 aliphatic carbocycles. The Labute approximate surface area is 141 Å².